The number of urea groups is 1. The first-order chi connectivity index (χ1) is 17.5. The number of nitrogens with zero attached hydrogens (tertiary/aromatic N) is 1. The number of methoxy groups -OCH3 is 1. The minimum Gasteiger partial charge on any atom is -0.457 e. The Balaban J connectivity index is 1.57. The molecule has 0 aliphatic heterocycles. The molecule has 0 spiro atoms. The quantitative estimate of drug-likeness (QED) is 0.326. The number of hydrogen-bond acceptors (Lipinski definition) is 6. The van der Waals surface area contributed by atoms with E-state index in [-0.39, 0.29) is 23.7 Å². The number of hydrogen-bond donors (Lipinski definition) is 4. The van der Waals surface area contributed by atoms with Gasteiger partial charge < -0.3 is 20.1 Å². The number of rotatable bonds is 7. The maximum Gasteiger partial charge on any atom is 0.417 e. The van der Waals surface area contributed by atoms with Crippen molar-refractivity contribution in [3.63, 3.8) is 0 Å². The number of carbonyl (C=O) groups is 3. The SMILES string of the molecule is COCC(=O)NNC(=O)c1cc(Oc2ccc(NC(=O)Nc3ccc(Cl)c(C(F)(F)F)c3)cc2)ccn1. The number of anilines is 2. The lowest BCUT2D eigenvalue weighted by molar-refractivity contribution is -0.137. The van der Waals surface area contributed by atoms with Gasteiger partial charge in [-0.2, -0.15) is 13.2 Å². The van der Waals surface area contributed by atoms with Gasteiger partial charge in [-0.1, -0.05) is 11.6 Å². The second-order valence-corrected chi connectivity index (χ2v) is 7.62. The van der Waals surface area contributed by atoms with Gasteiger partial charge >= 0.3 is 12.2 Å². The summed E-state index contributed by atoms with van der Waals surface area (Å²) in [6.07, 6.45) is -3.33. The smallest absolute Gasteiger partial charge is 0.417 e. The largest absolute Gasteiger partial charge is 0.457 e. The van der Waals surface area contributed by atoms with E-state index >= 15 is 0 Å². The first-order valence-electron chi connectivity index (χ1n) is 10.3. The first kappa shape index (κ1) is 27.2. The third kappa shape index (κ3) is 8.08. The van der Waals surface area contributed by atoms with E-state index in [9.17, 15) is 27.6 Å². The van der Waals surface area contributed by atoms with E-state index in [0.29, 0.717) is 11.4 Å². The van der Waals surface area contributed by atoms with E-state index in [2.05, 4.69) is 31.2 Å². The Labute approximate surface area is 213 Å². The zero-order chi connectivity index (χ0) is 27.0. The molecule has 10 nitrogen and oxygen atoms in total. The zero-order valence-corrected chi connectivity index (χ0v) is 19.7. The summed E-state index contributed by atoms with van der Waals surface area (Å²) in [6, 6.07) is 11.1. The van der Waals surface area contributed by atoms with E-state index in [1.165, 1.54) is 55.8 Å². The minimum absolute atomic E-state index is 0.0268. The molecular weight excluding hydrogens is 519 g/mol. The fourth-order valence-electron chi connectivity index (χ4n) is 2.81. The Hall–Kier alpha value is -4.36. The molecule has 37 heavy (non-hydrogen) atoms. The molecule has 1 heterocycles. The van der Waals surface area contributed by atoms with Gasteiger partial charge in [0, 0.05) is 30.7 Å². The first-order valence-corrected chi connectivity index (χ1v) is 10.7. The van der Waals surface area contributed by atoms with Crippen LogP contribution in [0.2, 0.25) is 5.02 Å². The summed E-state index contributed by atoms with van der Waals surface area (Å²) < 4.78 is 49.3. The van der Waals surface area contributed by atoms with Crippen molar-refractivity contribution in [3.8, 4) is 11.5 Å². The highest BCUT2D eigenvalue weighted by atomic mass is 35.5. The van der Waals surface area contributed by atoms with Crippen molar-refractivity contribution in [2.45, 2.75) is 6.18 Å². The van der Waals surface area contributed by atoms with Gasteiger partial charge in [-0.25, -0.2) is 4.79 Å². The molecule has 4 amide bonds. The molecule has 3 rings (SSSR count). The summed E-state index contributed by atoms with van der Waals surface area (Å²) in [6.45, 7) is -0.233. The van der Waals surface area contributed by atoms with Crippen molar-refractivity contribution < 1.29 is 37.0 Å². The Morgan fingerprint density at radius 3 is 2.27 bits per heavy atom. The predicted molar refractivity (Wildman–Crippen MR) is 127 cm³/mol. The van der Waals surface area contributed by atoms with Crippen molar-refractivity contribution >= 4 is 40.8 Å². The summed E-state index contributed by atoms with van der Waals surface area (Å²) in [7, 11) is 1.33. The predicted octanol–water partition coefficient (Wildman–Crippen LogP) is 4.60. The van der Waals surface area contributed by atoms with Crippen LogP contribution in [0.25, 0.3) is 0 Å². The number of pyridine rings is 1. The number of benzene rings is 2. The molecule has 0 atom stereocenters. The van der Waals surface area contributed by atoms with Gasteiger partial charge in [0.1, 0.15) is 23.8 Å². The fraction of sp³-hybridized carbons (Fsp3) is 0.130. The molecule has 194 valence electrons. The van der Waals surface area contributed by atoms with Gasteiger partial charge in [0.2, 0.25) is 0 Å². The molecule has 2 aromatic carbocycles. The van der Waals surface area contributed by atoms with E-state index in [1.54, 1.807) is 0 Å². The zero-order valence-electron chi connectivity index (χ0n) is 19.0. The highest BCUT2D eigenvalue weighted by Gasteiger charge is 2.33. The Bertz CT molecular complexity index is 1290. The third-order valence-corrected chi connectivity index (χ3v) is 4.76. The van der Waals surface area contributed by atoms with Crippen LogP contribution in [0.5, 0.6) is 11.5 Å². The second-order valence-electron chi connectivity index (χ2n) is 7.21. The van der Waals surface area contributed by atoms with E-state index in [0.717, 1.165) is 12.1 Å². The maximum absolute atomic E-state index is 13.0. The van der Waals surface area contributed by atoms with Crippen LogP contribution >= 0.6 is 11.6 Å². The molecule has 0 bridgehead atoms. The maximum atomic E-state index is 13.0. The van der Waals surface area contributed by atoms with E-state index < -0.39 is 34.6 Å². The van der Waals surface area contributed by atoms with Crippen LogP contribution in [-0.4, -0.2) is 36.5 Å². The molecule has 0 aliphatic carbocycles. The molecule has 1 aromatic heterocycles. The van der Waals surface area contributed by atoms with Gasteiger partial charge in [0.25, 0.3) is 11.8 Å². The van der Waals surface area contributed by atoms with Crippen LogP contribution in [0.4, 0.5) is 29.3 Å². The lowest BCUT2D eigenvalue weighted by Crippen LogP contribution is -2.43. The lowest BCUT2D eigenvalue weighted by Gasteiger charge is -2.12. The standard InChI is InChI=1S/C23H19ClF3N5O5/c1-36-12-20(33)31-32-21(34)19-11-16(8-9-28-19)37-15-5-2-13(3-6-15)29-22(35)30-14-4-7-18(24)17(10-14)23(25,26)27/h2-11H,12H2,1H3,(H,31,33)(H,32,34)(H2,29,30,35). The number of amides is 4. The topological polar surface area (TPSA) is 131 Å². The Morgan fingerprint density at radius 2 is 1.59 bits per heavy atom. The normalized spacial score (nSPS) is 10.8. The summed E-state index contributed by atoms with van der Waals surface area (Å²) in [5.41, 5.74) is 3.49. The van der Waals surface area contributed by atoms with Crippen molar-refractivity contribution in [3.05, 3.63) is 77.1 Å². The molecule has 0 saturated heterocycles. The second kappa shape index (κ2) is 12.1. The van der Waals surface area contributed by atoms with E-state index in [1.807, 2.05) is 0 Å². The van der Waals surface area contributed by atoms with Crippen LogP contribution in [0.15, 0.2) is 60.8 Å². The number of hydrazine groups is 1. The molecule has 3 aromatic rings. The highest BCUT2D eigenvalue weighted by molar-refractivity contribution is 6.31. The molecule has 4 N–H and O–H groups in total. The molecule has 0 fully saturated rings. The molecule has 0 aliphatic rings. The summed E-state index contributed by atoms with van der Waals surface area (Å²) in [4.78, 5) is 39.6. The number of carbonyl (C=O) groups excluding carboxylic acids is 3. The average Bonchev–Trinajstić information content (AvgIpc) is 2.84. The lowest BCUT2D eigenvalue weighted by atomic mass is 10.2. The van der Waals surface area contributed by atoms with Crippen LogP contribution in [0.3, 0.4) is 0 Å². The summed E-state index contributed by atoms with van der Waals surface area (Å²) in [5, 5.41) is 4.31. The number of aromatic nitrogens is 1. The summed E-state index contributed by atoms with van der Waals surface area (Å²) in [5.74, 6) is -0.608. The van der Waals surface area contributed by atoms with Gasteiger partial charge in [0.15, 0.2) is 0 Å². The Kier molecular flexibility index (Phi) is 8.87. The van der Waals surface area contributed by atoms with Crippen LogP contribution in [0, 0.1) is 0 Å². The number of nitrogens with one attached hydrogen (secondary N) is 4. The van der Waals surface area contributed by atoms with Crippen molar-refractivity contribution in [2.75, 3.05) is 24.4 Å². The van der Waals surface area contributed by atoms with Crippen molar-refractivity contribution in [1.29, 1.82) is 0 Å². The van der Waals surface area contributed by atoms with Crippen LogP contribution < -0.4 is 26.2 Å². The van der Waals surface area contributed by atoms with Gasteiger partial charge in [-0.15, -0.1) is 0 Å². The molecule has 0 radical (unpaired) electrons. The van der Waals surface area contributed by atoms with Crippen LogP contribution in [0.1, 0.15) is 16.1 Å². The number of alkyl halides is 3. The molecule has 0 saturated carbocycles. The van der Waals surface area contributed by atoms with Gasteiger partial charge in [0.05, 0.1) is 10.6 Å². The van der Waals surface area contributed by atoms with Gasteiger partial charge in [-0.3, -0.25) is 25.4 Å². The number of ether oxygens (including phenoxy) is 2. The Morgan fingerprint density at radius 1 is 0.919 bits per heavy atom. The third-order valence-electron chi connectivity index (χ3n) is 4.43. The monoisotopic (exact) mass is 537 g/mol. The molecule has 0 unspecified atom stereocenters. The molecular formula is C23H19ClF3N5O5. The van der Waals surface area contributed by atoms with Crippen molar-refractivity contribution in [2.24, 2.45) is 0 Å². The number of halogens is 4. The highest BCUT2D eigenvalue weighted by Crippen LogP contribution is 2.36. The average molecular weight is 538 g/mol. The molecule has 14 heteroatoms. The van der Waals surface area contributed by atoms with Gasteiger partial charge in [-0.05, 0) is 48.5 Å². The van der Waals surface area contributed by atoms with Crippen molar-refractivity contribution in [1.82, 2.24) is 15.8 Å². The summed E-state index contributed by atoms with van der Waals surface area (Å²) >= 11 is 5.58. The van der Waals surface area contributed by atoms with Crippen LogP contribution in [-0.2, 0) is 15.7 Å². The van der Waals surface area contributed by atoms with E-state index in [4.69, 9.17) is 16.3 Å². The minimum atomic E-state index is -4.67. The fourth-order valence-corrected chi connectivity index (χ4v) is 3.04.